The molecule has 0 heterocycles. The van der Waals surface area contributed by atoms with Gasteiger partial charge in [0.2, 0.25) is 5.91 Å². The van der Waals surface area contributed by atoms with Crippen molar-refractivity contribution in [3.63, 3.8) is 0 Å². The predicted octanol–water partition coefficient (Wildman–Crippen LogP) is 3.67. The summed E-state index contributed by atoms with van der Waals surface area (Å²) >= 11 is 0. The Morgan fingerprint density at radius 1 is 0.917 bits per heavy atom. The monoisotopic (exact) mass is 320 g/mol. The van der Waals surface area contributed by atoms with Gasteiger partial charge in [-0.15, -0.1) is 0 Å². The predicted molar refractivity (Wildman–Crippen MR) is 96.9 cm³/mol. The highest BCUT2D eigenvalue weighted by atomic mass is 16.1. The number of aryl methyl sites for hydroxylation is 1. The van der Waals surface area contributed by atoms with Crippen LogP contribution in [-0.2, 0) is 19.3 Å². The second-order valence-corrected chi connectivity index (χ2v) is 7.07. The molecule has 0 saturated heterocycles. The van der Waals surface area contributed by atoms with Gasteiger partial charge in [-0.25, -0.2) is 0 Å². The largest absolute Gasteiger partial charge is 0.366 e. The van der Waals surface area contributed by atoms with Crippen molar-refractivity contribution >= 4 is 5.91 Å². The summed E-state index contributed by atoms with van der Waals surface area (Å²) in [5, 5.41) is 0. The lowest BCUT2D eigenvalue weighted by atomic mass is 9.79. The van der Waals surface area contributed by atoms with Crippen molar-refractivity contribution in [2.75, 3.05) is 0 Å². The van der Waals surface area contributed by atoms with Gasteiger partial charge in [0.05, 0.1) is 5.56 Å². The molecule has 4 N–H and O–H groups in total. The molecule has 0 fully saturated rings. The number of rotatable bonds is 2. The minimum absolute atomic E-state index is 0.100. The Labute approximate surface area is 143 Å². The van der Waals surface area contributed by atoms with Gasteiger partial charge in [-0.2, -0.15) is 0 Å². The number of hydrogen-bond acceptors (Lipinski definition) is 2. The molecule has 3 nitrogen and oxygen atoms in total. The fourth-order valence-corrected chi connectivity index (χ4v) is 4.47. The van der Waals surface area contributed by atoms with Gasteiger partial charge >= 0.3 is 0 Å². The molecule has 3 heteroatoms. The van der Waals surface area contributed by atoms with Crippen molar-refractivity contribution in [2.45, 2.75) is 51.0 Å². The first-order chi connectivity index (χ1) is 11.7. The molecule has 2 aromatic carbocycles. The van der Waals surface area contributed by atoms with Gasteiger partial charge in [0, 0.05) is 6.04 Å². The number of nitrogens with two attached hydrogens (primary N) is 2. The Hall–Kier alpha value is -2.13. The molecular weight excluding hydrogens is 296 g/mol. The molecule has 2 aromatic rings. The van der Waals surface area contributed by atoms with Gasteiger partial charge in [0.25, 0.3) is 0 Å². The maximum Gasteiger partial charge on any atom is 0.249 e. The molecular formula is C21H24N2O. The van der Waals surface area contributed by atoms with Crippen LogP contribution >= 0.6 is 0 Å². The summed E-state index contributed by atoms with van der Waals surface area (Å²) in [6.45, 7) is 0. The topological polar surface area (TPSA) is 69.1 Å². The van der Waals surface area contributed by atoms with E-state index in [1.807, 2.05) is 0 Å². The number of primary amides is 1. The number of fused-ring (bicyclic) bond motifs is 2. The summed E-state index contributed by atoms with van der Waals surface area (Å²) in [6, 6.07) is 10.7. The molecule has 0 bridgehead atoms. The summed E-state index contributed by atoms with van der Waals surface area (Å²) in [5.41, 5.74) is 20.0. The van der Waals surface area contributed by atoms with E-state index in [1.165, 1.54) is 28.7 Å². The molecule has 0 aliphatic heterocycles. The molecule has 124 valence electrons. The van der Waals surface area contributed by atoms with E-state index < -0.39 is 0 Å². The Kier molecular flexibility index (Phi) is 3.89. The van der Waals surface area contributed by atoms with Gasteiger partial charge in [0.1, 0.15) is 0 Å². The zero-order valence-electron chi connectivity index (χ0n) is 14.0. The summed E-state index contributed by atoms with van der Waals surface area (Å²) in [6.07, 6.45) is 7.48. The van der Waals surface area contributed by atoms with Crippen molar-refractivity contribution < 1.29 is 4.79 Å². The SMILES string of the molecule is NC(=O)c1c(-c2cccc3c2CCC[C@H]3N)ccc2c1CCCC2. The van der Waals surface area contributed by atoms with Crippen molar-refractivity contribution in [1.82, 2.24) is 0 Å². The third-order valence-electron chi connectivity index (χ3n) is 5.62. The minimum Gasteiger partial charge on any atom is -0.366 e. The first-order valence-electron chi connectivity index (χ1n) is 8.99. The van der Waals surface area contributed by atoms with Crippen molar-refractivity contribution in [3.05, 3.63) is 58.1 Å². The normalized spacial score (nSPS) is 19.5. The maximum atomic E-state index is 12.3. The summed E-state index contributed by atoms with van der Waals surface area (Å²) in [4.78, 5) is 12.3. The average Bonchev–Trinajstić information content (AvgIpc) is 2.60. The summed E-state index contributed by atoms with van der Waals surface area (Å²) < 4.78 is 0. The summed E-state index contributed by atoms with van der Waals surface area (Å²) in [7, 11) is 0. The number of carbonyl (C=O) groups excluding carboxylic acids is 1. The van der Waals surface area contributed by atoms with Crippen LogP contribution in [0, 0.1) is 0 Å². The zero-order chi connectivity index (χ0) is 16.7. The molecule has 2 aliphatic rings. The van der Waals surface area contributed by atoms with E-state index in [1.54, 1.807) is 0 Å². The van der Waals surface area contributed by atoms with Crippen molar-refractivity contribution in [1.29, 1.82) is 0 Å². The molecule has 0 spiro atoms. The second kappa shape index (κ2) is 6.06. The quantitative estimate of drug-likeness (QED) is 0.886. The Bertz CT molecular complexity index is 810. The van der Waals surface area contributed by atoms with E-state index in [9.17, 15) is 4.79 Å². The third-order valence-corrected chi connectivity index (χ3v) is 5.62. The van der Waals surface area contributed by atoms with Crippen LogP contribution in [-0.4, -0.2) is 5.91 Å². The lowest BCUT2D eigenvalue weighted by Crippen LogP contribution is -2.20. The van der Waals surface area contributed by atoms with E-state index in [-0.39, 0.29) is 11.9 Å². The van der Waals surface area contributed by atoms with E-state index in [0.717, 1.165) is 55.2 Å². The molecule has 2 aliphatic carbocycles. The first kappa shape index (κ1) is 15.4. The minimum atomic E-state index is -0.304. The van der Waals surface area contributed by atoms with Crippen LogP contribution < -0.4 is 11.5 Å². The van der Waals surface area contributed by atoms with Gasteiger partial charge in [-0.1, -0.05) is 30.3 Å². The van der Waals surface area contributed by atoms with Crippen LogP contribution in [0.4, 0.5) is 0 Å². The van der Waals surface area contributed by atoms with Gasteiger partial charge in [-0.05, 0) is 78.3 Å². The lowest BCUT2D eigenvalue weighted by molar-refractivity contribution is 0.0999. The molecule has 0 unspecified atom stereocenters. The van der Waals surface area contributed by atoms with Crippen LogP contribution in [0.3, 0.4) is 0 Å². The fraction of sp³-hybridized carbons (Fsp3) is 0.381. The van der Waals surface area contributed by atoms with E-state index in [4.69, 9.17) is 11.5 Å². The van der Waals surface area contributed by atoms with Crippen molar-refractivity contribution in [2.24, 2.45) is 11.5 Å². The number of benzene rings is 2. The number of amides is 1. The van der Waals surface area contributed by atoms with Crippen LogP contribution in [0.15, 0.2) is 30.3 Å². The molecule has 0 radical (unpaired) electrons. The van der Waals surface area contributed by atoms with Crippen molar-refractivity contribution in [3.8, 4) is 11.1 Å². The van der Waals surface area contributed by atoms with E-state index in [0.29, 0.717) is 0 Å². The highest BCUT2D eigenvalue weighted by Gasteiger charge is 2.25. The number of hydrogen-bond donors (Lipinski definition) is 2. The summed E-state index contributed by atoms with van der Waals surface area (Å²) in [5.74, 6) is -0.304. The average molecular weight is 320 g/mol. The molecule has 4 rings (SSSR count). The van der Waals surface area contributed by atoms with Crippen LogP contribution in [0.25, 0.3) is 11.1 Å². The standard InChI is InChI=1S/C21H24N2O/c22-19-10-4-8-15-16(7-3-9-17(15)19)18-12-11-13-5-1-2-6-14(13)20(18)21(23)24/h3,7,9,11-12,19H,1-2,4-6,8,10,22H2,(H2,23,24)/t19-/m1/s1. The zero-order valence-corrected chi connectivity index (χ0v) is 14.0. The molecule has 0 aromatic heterocycles. The molecule has 0 saturated carbocycles. The smallest absolute Gasteiger partial charge is 0.249 e. The number of carbonyl (C=O) groups is 1. The highest BCUT2D eigenvalue weighted by molar-refractivity contribution is 6.02. The fourth-order valence-electron chi connectivity index (χ4n) is 4.47. The van der Waals surface area contributed by atoms with Gasteiger partial charge in [0.15, 0.2) is 0 Å². The van der Waals surface area contributed by atoms with Crippen LogP contribution in [0.1, 0.15) is 64.3 Å². The lowest BCUT2D eigenvalue weighted by Gasteiger charge is -2.26. The Morgan fingerprint density at radius 3 is 2.54 bits per heavy atom. The van der Waals surface area contributed by atoms with E-state index >= 15 is 0 Å². The molecule has 1 amide bonds. The molecule has 24 heavy (non-hydrogen) atoms. The van der Waals surface area contributed by atoms with Crippen LogP contribution in [0.5, 0.6) is 0 Å². The Morgan fingerprint density at radius 2 is 1.71 bits per heavy atom. The molecule has 1 atom stereocenters. The van der Waals surface area contributed by atoms with Gasteiger partial charge < -0.3 is 11.5 Å². The third kappa shape index (κ3) is 2.44. The second-order valence-electron chi connectivity index (χ2n) is 7.07. The Balaban J connectivity index is 1.95. The first-order valence-corrected chi connectivity index (χ1v) is 8.99. The van der Waals surface area contributed by atoms with Crippen LogP contribution in [0.2, 0.25) is 0 Å². The van der Waals surface area contributed by atoms with E-state index in [2.05, 4.69) is 30.3 Å². The maximum absolute atomic E-state index is 12.3. The van der Waals surface area contributed by atoms with Gasteiger partial charge in [-0.3, -0.25) is 4.79 Å². The highest BCUT2D eigenvalue weighted by Crippen LogP contribution is 2.38.